The molecule has 2 heterocycles. The number of H-pyrrole nitrogens is 1. The zero-order chi connectivity index (χ0) is 17.5. The number of fused-ring (bicyclic) bond motifs is 1. The van der Waals surface area contributed by atoms with Crippen LogP contribution in [0.25, 0.3) is 11.0 Å². The van der Waals surface area contributed by atoms with Gasteiger partial charge in [-0.1, -0.05) is 0 Å². The number of ether oxygens (including phenoxy) is 1. The topological polar surface area (TPSA) is 67.3 Å². The highest BCUT2D eigenvalue weighted by atomic mass is 16.6. The number of aromatic amines is 1. The first kappa shape index (κ1) is 16.6. The Morgan fingerprint density at radius 3 is 2.54 bits per heavy atom. The van der Waals surface area contributed by atoms with E-state index in [4.69, 9.17) is 4.74 Å². The minimum absolute atomic E-state index is 0.0270. The molecule has 3 rings (SSSR count). The number of hydrogen-bond donors (Lipinski definition) is 1. The first-order chi connectivity index (χ1) is 11.2. The molecule has 6 heteroatoms. The van der Waals surface area contributed by atoms with Crippen LogP contribution in [0.4, 0.5) is 5.69 Å². The molecule has 1 saturated heterocycles. The number of anilines is 1. The fraction of sp³-hybridized carbons (Fsp3) is 0.556. The van der Waals surface area contributed by atoms with Gasteiger partial charge in [0.2, 0.25) is 0 Å². The highest BCUT2D eigenvalue weighted by Crippen LogP contribution is 2.27. The normalized spacial score (nSPS) is 16.6. The van der Waals surface area contributed by atoms with Crippen LogP contribution in [0.2, 0.25) is 0 Å². The van der Waals surface area contributed by atoms with Gasteiger partial charge in [0.05, 0.1) is 17.0 Å². The fourth-order valence-electron chi connectivity index (χ4n) is 3.17. The van der Waals surface area contributed by atoms with Gasteiger partial charge in [-0.15, -0.1) is 0 Å². The Bertz CT molecular complexity index is 805. The summed E-state index contributed by atoms with van der Waals surface area (Å²) in [6.45, 7) is 7.32. The molecule has 1 aliphatic rings. The maximum absolute atomic E-state index is 12.2. The number of nitrogens with zero attached hydrogens (tertiary/aromatic N) is 2. The van der Waals surface area contributed by atoms with Crippen molar-refractivity contribution in [1.82, 2.24) is 9.55 Å². The van der Waals surface area contributed by atoms with Crippen molar-refractivity contribution in [1.29, 1.82) is 0 Å². The first-order valence-electron chi connectivity index (χ1n) is 8.41. The van der Waals surface area contributed by atoms with Crippen LogP contribution in [0.3, 0.4) is 0 Å². The van der Waals surface area contributed by atoms with Gasteiger partial charge in [-0.05, 0) is 51.8 Å². The number of rotatable bonds is 2. The number of piperidine rings is 1. The predicted molar refractivity (Wildman–Crippen MR) is 94.3 cm³/mol. The lowest BCUT2D eigenvalue weighted by molar-refractivity contribution is -0.160. The summed E-state index contributed by atoms with van der Waals surface area (Å²) in [5.74, 6) is -0.119. The Labute approximate surface area is 141 Å². The molecular formula is C18H25N3O3. The lowest BCUT2D eigenvalue weighted by Crippen LogP contribution is -2.38. The summed E-state index contributed by atoms with van der Waals surface area (Å²) < 4.78 is 7.11. The Kier molecular flexibility index (Phi) is 4.15. The van der Waals surface area contributed by atoms with E-state index < -0.39 is 5.60 Å². The van der Waals surface area contributed by atoms with Crippen LogP contribution in [-0.4, -0.2) is 34.2 Å². The fourth-order valence-corrected chi connectivity index (χ4v) is 3.17. The van der Waals surface area contributed by atoms with Crippen LogP contribution in [-0.2, 0) is 16.6 Å². The predicted octanol–water partition coefficient (Wildman–Crippen LogP) is 2.42. The first-order valence-corrected chi connectivity index (χ1v) is 8.41. The summed E-state index contributed by atoms with van der Waals surface area (Å²) in [4.78, 5) is 29.0. The average molecular weight is 331 g/mol. The summed E-state index contributed by atoms with van der Waals surface area (Å²) in [6.07, 6.45) is 1.58. The highest BCUT2D eigenvalue weighted by Gasteiger charge is 2.29. The molecule has 1 aromatic heterocycles. The third kappa shape index (κ3) is 3.32. The van der Waals surface area contributed by atoms with E-state index in [0.29, 0.717) is 0 Å². The minimum atomic E-state index is -0.432. The molecular weight excluding hydrogens is 306 g/mol. The third-order valence-electron chi connectivity index (χ3n) is 4.49. The molecule has 0 bridgehead atoms. The quantitative estimate of drug-likeness (QED) is 0.858. The number of imidazole rings is 1. The van der Waals surface area contributed by atoms with Crippen molar-refractivity contribution in [2.24, 2.45) is 13.0 Å². The molecule has 1 N–H and O–H groups in total. The number of carbonyl (C=O) groups excluding carboxylic acids is 1. The monoisotopic (exact) mass is 331 g/mol. The smallest absolute Gasteiger partial charge is 0.326 e. The second kappa shape index (κ2) is 6.00. The molecule has 0 aliphatic carbocycles. The Balaban J connectivity index is 1.69. The molecule has 24 heavy (non-hydrogen) atoms. The van der Waals surface area contributed by atoms with Gasteiger partial charge in [0.1, 0.15) is 5.60 Å². The molecule has 0 amide bonds. The Morgan fingerprint density at radius 1 is 1.25 bits per heavy atom. The maximum Gasteiger partial charge on any atom is 0.326 e. The number of benzene rings is 1. The van der Waals surface area contributed by atoms with E-state index >= 15 is 0 Å². The zero-order valence-corrected chi connectivity index (χ0v) is 14.8. The second-order valence-corrected chi connectivity index (χ2v) is 7.49. The molecule has 0 spiro atoms. The van der Waals surface area contributed by atoms with Gasteiger partial charge >= 0.3 is 11.7 Å². The van der Waals surface area contributed by atoms with Gasteiger partial charge < -0.3 is 14.6 Å². The highest BCUT2D eigenvalue weighted by molar-refractivity contribution is 5.80. The molecule has 1 fully saturated rings. The van der Waals surface area contributed by atoms with Gasteiger partial charge in [0, 0.05) is 25.8 Å². The lowest BCUT2D eigenvalue weighted by atomic mass is 9.96. The minimum Gasteiger partial charge on any atom is -0.460 e. The van der Waals surface area contributed by atoms with E-state index in [1.807, 2.05) is 39.0 Å². The molecule has 0 unspecified atom stereocenters. The van der Waals surface area contributed by atoms with E-state index in [-0.39, 0.29) is 17.6 Å². The van der Waals surface area contributed by atoms with E-state index in [1.165, 1.54) is 0 Å². The summed E-state index contributed by atoms with van der Waals surface area (Å²) in [6, 6.07) is 5.99. The van der Waals surface area contributed by atoms with Crippen molar-refractivity contribution in [3.8, 4) is 0 Å². The zero-order valence-electron chi connectivity index (χ0n) is 14.8. The Morgan fingerprint density at radius 2 is 1.92 bits per heavy atom. The van der Waals surface area contributed by atoms with Crippen molar-refractivity contribution >= 4 is 22.7 Å². The number of hydrogen-bond acceptors (Lipinski definition) is 4. The molecule has 2 aromatic rings. The van der Waals surface area contributed by atoms with E-state index in [1.54, 1.807) is 11.6 Å². The van der Waals surface area contributed by atoms with E-state index in [9.17, 15) is 9.59 Å². The Hall–Kier alpha value is -2.24. The van der Waals surface area contributed by atoms with Crippen molar-refractivity contribution in [3.05, 3.63) is 28.7 Å². The molecule has 0 saturated carbocycles. The average Bonchev–Trinajstić information content (AvgIpc) is 2.80. The number of esters is 1. The number of nitrogens with one attached hydrogen (secondary N) is 1. The van der Waals surface area contributed by atoms with Crippen molar-refractivity contribution in [2.75, 3.05) is 18.0 Å². The molecule has 1 aliphatic heterocycles. The van der Waals surface area contributed by atoms with E-state index in [2.05, 4.69) is 9.88 Å². The van der Waals surface area contributed by atoms with Gasteiger partial charge in [-0.2, -0.15) is 0 Å². The molecule has 130 valence electrons. The lowest BCUT2D eigenvalue weighted by Gasteiger charge is -2.34. The van der Waals surface area contributed by atoms with Crippen LogP contribution in [0.5, 0.6) is 0 Å². The van der Waals surface area contributed by atoms with E-state index in [0.717, 1.165) is 42.7 Å². The number of aryl methyl sites for hydroxylation is 1. The second-order valence-electron chi connectivity index (χ2n) is 7.49. The summed E-state index contributed by atoms with van der Waals surface area (Å²) in [7, 11) is 1.76. The van der Waals surface area contributed by atoms with Crippen LogP contribution in [0.1, 0.15) is 33.6 Å². The van der Waals surface area contributed by atoms with Gasteiger partial charge in [0.25, 0.3) is 0 Å². The van der Waals surface area contributed by atoms with Crippen LogP contribution < -0.4 is 10.6 Å². The standard InChI is InChI=1S/C18H25N3O3/c1-18(2,3)24-16(22)12-7-9-21(10-8-12)13-5-6-14-15(11-13)20(4)17(23)19-14/h5-6,11-12H,7-10H2,1-4H3,(H,19,23). The number of aromatic nitrogens is 2. The molecule has 6 nitrogen and oxygen atoms in total. The van der Waals surface area contributed by atoms with Crippen LogP contribution >= 0.6 is 0 Å². The third-order valence-corrected chi connectivity index (χ3v) is 4.49. The summed E-state index contributed by atoms with van der Waals surface area (Å²) in [5, 5.41) is 0. The van der Waals surface area contributed by atoms with Gasteiger partial charge in [0.15, 0.2) is 0 Å². The van der Waals surface area contributed by atoms with Crippen molar-refractivity contribution in [3.63, 3.8) is 0 Å². The summed E-state index contributed by atoms with van der Waals surface area (Å²) in [5.41, 5.74) is 2.28. The molecule has 0 radical (unpaired) electrons. The largest absolute Gasteiger partial charge is 0.460 e. The number of carbonyl (C=O) groups is 1. The van der Waals surface area contributed by atoms with Crippen molar-refractivity contribution < 1.29 is 9.53 Å². The van der Waals surface area contributed by atoms with Crippen molar-refractivity contribution in [2.45, 2.75) is 39.2 Å². The SMILES string of the molecule is Cn1c(=O)[nH]c2ccc(N3CCC(C(=O)OC(C)(C)C)CC3)cc21. The summed E-state index contributed by atoms with van der Waals surface area (Å²) >= 11 is 0. The maximum atomic E-state index is 12.2. The van der Waals surface area contributed by atoms with Gasteiger partial charge in [-0.3, -0.25) is 9.36 Å². The van der Waals surface area contributed by atoms with Crippen LogP contribution in [0.15, 0.2) is 23.0 Å². The van der Waals surface area contributed by atoms with Crippen LogP contribution in [0, 0.1) is 5.92 Å². The van der Waals surface area contributed by atoms with Gasteiger partial charge in [-0.25, -0.2) is 4.79 Å². The molecule has 0 atom stereocenters. The molecule has 1 aromatic carbocycles.